The Balaban J connectivity index is 2.01. The SMILES string of the molecule is COc1nc(N(C)C)ncc1N/C(=C1\C(=N)C(=O)N(c2cc(Cl)cn(C)c2=O)C1c1ccc(C#N)c(F)c1)C(C)C. The summed E-state index contributed by atoms with van der Waals surface area (Å²) in [6, 6.07) is 5.93. The molecule has 11 nitrogen and oxygen atoms in total. The Bertz CT molecular complexity index is 1690. The van der Waals surface area contributed by atoms with Crippen molar-refractivity contribution in [3.8, 4) is 11.9 Å². The Labute approximate surface area is 241 Å². The number of nitriles is 1. The number of methoxy groups -OCH3 is 1. The van der Waals surface area contributed by atoms with Gasteiger partial charge in [-0.05, 0) is 29.7 Å². The minimum absolute atomic E-state index is 0.0844. The number of aryl methyl sites for hydroxylation is 1. The topological polar surface area (TPSA) is 140 Å². The van der Waals surface area contributed by atoms with Gasteiger partial charge >= 0.3 is 0 Å². The Kier molecular flexibility index (Phi) is 8.12. The number of hydrogen-bond acceptors (Lipinski definition) is 9. The zero-order valence-corrected chi connectivity index (χ0v) is 24.0. The number of aromatic nitrogens is 3. The molecule has 41 heavy (non-hydrogen) atoms. The van der Waals surface area contributed by atoms with E-state index >= 15 is 0 Å². The first kappa shape index (κ1) is 29.2. The Morgan fingerprint density at radius 2 is 2.00 bits per heavy atom. The largest absolute Gasteiger partial charge is 0.479 e. The first-order chi connectivity index (χ1) is 19.4. The van der Waals surface area contributed by atoms with Crippen molar-refractivity contribution in [1.82, 2.24) is 14.5 Å². The monoisotopic (exact) mass is 578 g/mol. The minimum atomic E-state index is -1.11. The molecule has 0 bridgehead atoms. The van der Waals surface area contributed by atoms with Crippen molar-refractivity contribution in [2.45, 2.75) is 19.9 Å². The van der Waals surface area contributed by atoms with E-state index in [0.717, 1.165) is 11.0 Å². The zero-order valence-electron chi connectivity index (χ0n) is 23.3. The van der Waals surface area contributed by atoms with Crippen LogP contribution in [0.2, 0.25) is 5.02 Å². The standard InChI is InChI=1S/C28H28ClFN8O3/c1-14(2)23(34-19-12-33-28(36(3)4)35-25(19)41-6)21-22(32)27(40)38(20-10-17(29)13-37(5)26(20)39)24(21)15-7-8-16(11-31)18(30)9-15/h7-10,12-14,24,32,34H,1-6H3/b23-21+,32-22?. The minimum Gasteiger partial charge on any atom is -0.479 e. The van der Waals surface area contributed by atoms with Crippen molar-refractivity contribution >= 4 is 40.5 Å². The first-order valence-electron chi connectivity index (χ1n) is 12.5. The lowest BCUT2D eigenvalue weighted by atomic mass is 9.92. The van der Waals surface area contributed by atoms with E-state index in [1.807, 2.05) is 13.8 Å². The molecule has 0 radical (unpaired) electrons. The second kappa shape index (κ2) is 11.4. The molecule has 1 atom stereocenters. The molecule has 1 aromatic carbocycles. The molecule has 3 heterocycles. The molecule has 0 aliphatic carbocycles. The molecule has 13 heteroatoms. The van der Waals surface area contributed by atoms with Crippen molar-refractivity contribution in [1.29, 1.82) is 10.7 Å². The number of nitrogens with zero attached hydrogens (tertiary/aromatic N) is 6. The van der Waals surface area contributed by atoms with Crippen LogP contribution in [0.15, 0.2) is 52.7 Å². The van der Waals surface area contributed by atoms with Gasteiger partial charge in [0.2, 0.25) is 11.8 Å². The van der Waals surface area contributed by atoms with Crippen molar-refractivity contribution in [2.24, 2.45) is 13.0 Å². The molecule has 212 valence electrons. The first-order valence-corrected chi connectivity index (χ1v) is 12.8. The van der Waals surface area contributed by atoms with Gasteiger partial charge in [0.15, 0.2) is 0 Å². The smallest absolute Gasteiger partial charge is 0.277 e. The van der Waals surface area contributed by atoms with E-state index in [2.05, 4.69) is 15.3 Å². The Hall–Kier alpha value is -4.76. The van der Waals surface area contributed by atoms with E-state index in [1.54, 1.807) is 25.1 Å². The summed E-state index contributed by atoms with van der Waals surface area (Å²) in [4.78, 5) is 38.6. The van der Waals surface area contributed by atoms with Gasteiger partial charge in [-0.25, -0.2) is 9.37 Å². The quantitative estimate of drug-likeness (QED) is 0.428. The summed E-state index contributed by atoms with van der Waals surface area (Å²) in [5, 5.41) is 21.6. The molecule has 0 saturated carbocycles. The number of hydrogen-bond donors (Lipinski definition) is 2. The third-order valence-electron chi connectivity index (χ3n) is 6.52. The molecule has 1 unspecified atom stereocenters. The molecule has 0 spiro atoms. The summed E-state index contributed by atoms with van der Waals surface area (Å²) >= 11 is 6.27. The van der Waals surface area contributed by atoms with Gasteiger partial charge in [-0.1, -0.05) is 31.5 Å². The van der Waals surface area contributed by atoms with Crippen LogP contribution in [0.3, 0.4) is 0 Å². The van der Waals surface area contributed by atoms with E-state index in [1.165, 1.54) is 49.3 Å². The highest BCUT2D eigenvalue weighted by Crippen LogP contribution is 2.42. The van der Waals surface area contributed by atoms with Crippen LogP contribution in [-0.2, 0) is 11.8 Å². The fourth-order valence-corrected chi connectivity index (χ4v) is 4.82. The third-order valence-corrected chi connectivity index (χ3v) is 6.73. The second-order valence-electron chi connectivity index (χ2n) is 9.86. The lowest BCUT2D eigenvalue weighted by molar-refractivity contribution is -0.112. The van der Waals surface area contributed by atoms with E-state index in [4.69, 9.17) is 21.7 Å². The molecule has 1 aliphatic heterocycles. The fourth-order valence-electron chi connectivity index (χ4n) is 4.57. The van der Waals surface area contributed by atoms with Gasteiger partial charge in [-0.2, -0.15) is 10.2 Å². The summed E-state index contributed by atoms with van der Waals surface area (Å²) in [5.41, 5.74) is 0.0467. The van der Waals surface area contributed by atoms with Gasteiger partial charge in [-0.3, -0.25) is 19.9 Å². The average molecular weight is 579 g/mol. The van der Waals surface area contributed by atoms with E-state index in [9.17, 15) is 19.2 Å². The number of allylic oxidation sites excluding steroid dienone is 1. The van der Waals surface area contributed by atoms with Crippen molar-refractivity contribution in [3.63, 3.8) is 0 Å². The normalized spacial score (nSPS) is 16.2. The van der Waals surface area contributed by atoms with Crippen LogP contribution >= 0.6 is 11.6 Å². The van der Waals surface area contributed by atoms with Crippen molar-refractivity contribution in [2.75, 3.05) is 36.3 Å². The van der Waals surface area contributed by atoms with Crippen molar-refractivity contribution in [3.05, 3.63) is 80.2 Å². The van der Waals surface area contributed by atoms with Gasteiger partial charge in [0.05, 0.1) is 29.9 Å². The number of nitrogens with one attached hydrogen (secondary N) is 2. The highest BCUT2D eigenvalue weighted by atomic mass is 35.5. The van der Waals surface area contributed by atoms with Gasteiger partial charge in [0.1, 0.15) is 29.0 Å². The number of amides is 1. The van der Waals surface area contributed by atoms with Crippen LogP contribution in [-0.4, -0.2) is 47.4 Å². The van der Waals surface area contributed by atoms with Gasteiger partial charge in [0.25, 0.3) is 11.5 Å². The predicted octanol–water partition coefficient (Wildman–Crippen LogP) is 4.04. The lowest BCUT2D eigenvalue weighted by Gasteiger charge is -2.28. The molecule has 2 aromatic heterocycles. The molecular weight excluding hydrogens is 551 g/mol. The van der Waals surface area contributed by atoms with Crippen LogP contribution in [0, 0.1) is 28.5 Å². The van der Waals surface area contributed by atoms with Crippen LogP contribution < -0.4 is 25.4 Å². The highest BCUT2D eigenvalue weighted by Gasteiger charge is 2.45. The van der Waals surface area contributed by atoms with Crippen LogP contribution in [0.5, 0.6) is 5.88 Å². The summed E-state index contributed by atoms with van der Waals surface area (Å²) in [5.74, 6) is -1.25. The lowest BCUT2D eigenvalue weighted by Crippen LogP contribution is -2.35. The fraction of sp³-hybridized carbons (Fsp3) is 0.286. The maximum absolute atomic E-state index is 14.9. The Morgan fingerprint density at radius 1 is 1.29 bits per heavy atom. The molecule has 2 N–H and O–H groups in total. The van der Waals surface area contributed by atoms with Crippen LogP contribution in [0.1, 0.15) is 31.0 Å². The molecule has 1 saturated heterocycles. The second-order valence-corrected chi connectivity index (χ2v) is 10.3. The van der Waals surface area contributed by atoms with Crippen LogP contribution in [0.25, 0.3) is 0 Å². The Morgan fingerprint density at radius 3 is 2.59 bits per heavy atom. The number of halogens is 2. The van der Waals surface area contributed by atoms with E-state index in [-0.39, 0.29) is 39.2 Å². The molecule has 1 aliphatic rings. The van der Waals surface area contributed by atoms with Gasteiger partial charge in [-0.15, -0.1) is 0 Å². The summed E-state index contributed by atoms with van der Waals surface area (Å²) in [7, 11) is 6.51. The predicted molar refractivity (Wildman–Crippen MR) is 154 cm³/mol. The summed E-state index contributed by atoms with van der Waals surface area (Å²) in [6.45, 7) is 3.71. The maximum atomic E-state index is 14.9. The number of pyridine rings is 1. The third kappa shape index (κ3) is 5.36. The zero-order chi connectivity index (χ0) is 30.2. The number of carbonyl (C=O) groups excluding carboxylic acids is 1. The number of carbonyl (C=O) groups is 1. The van der Waals surface area contributed by atoms with Gasteiger partial charge in [0, 0.05) is 38.6 Å². The van der Waals surface area contributed by atoms with E-state index < -0.39 is 29.0 Å². The number of rotatable bonds is 7. The maximum Gasteiger partial charge on any atom is 0.277 e. The number of anilines is 3. The number of benzene rings is 1. The average Bonchev–Trinajstić information content (AvgIpc) is 3.18. The molecule has 1 amide bonds. The van der Waals surface area contributed by atoms with Gasteiger partial charge < -0.3 is 19.5 Å². The summed E-state index contributed by atoms with van der Waals surface area (Å²) < 4.78 is 21.6. The summed E-state index contributed by atoms with van der Waals surface area (Å²) in [6.07, 6.45) is 2.92. The molecule has 1 fully saturated rings. The van der Waals surface area contributed by atoms with E-state index in [0.29, 0.717) is 17.3 Å². The molecule has 3 aromatic rings. The highest BCUT2D eigenvalue weighted by molar-refractivity contribution is 6.52. The van der Waals surface area contributed by atoms with Crippen LogP contribution in [0.4, 0.5) is 21.7 Å². The van der Waals surface area contributed by atoms with Crippen molar-refractivity contribution < 1.29 is 13.9 Å². The molecular formula is C28H28ClFN8O3. The number of ether oxygens (including phenoxy) is 1. The molecule has 4 rings (SSSR count).